The Labute approximate surface area is 176 Å². The summed E-state index contributed by atoms with van der Waals surface area (Å²) in [7, 11) is 1.88. The van der Waals surface area contributed by atoms with Crippen LogP contribution < -0.4 is 5.32 Å². The van der Waals surface area contributed by atoms with Crippen molar-refractivity contribution < 1.29 is 0 Å². The van der Waals surface area contributed by atoms with E-state index in [0.29, 0.717) is 24.0 Å². The van der Waals surface area contributed by atoms with Gasteiger partial charge in [-0.3, -0.25) is 9.89 Å². The molecule has 1 aromatic rings. The Morgan fingerprint density at radius 1 is 1.31 bits per heavy atom. The molecule has 0 radical (unpaired) electrons. The fourth-order valence-electron chi connectivity index (χ4n) is 3.84. The molecule has 0 amide bonds. The van der Waals surface area contributed by atoms with Crippen molar-refractivity contribution in [3.05, 3.63) is 18.7 Å². The van der Waals surface area contributed by atoms with Crippen molar-refractivity contribution in [1.29, 1.82) is 0 Å². The number of likely N-dealkylation sites (tertiary alicyclic amines) is 1. The molecule has 0 saturated carbocycles. The molecule has 0 spiro atoms. The maximum absolute atomic E-state index is 4.53. The monoisotopic (exact) mass is 476 g/mol. The van der Waals surface area contributed by atoms with Crippen LogP contribution in [0, 0.1) is 5.92 Å². The van der Waals surface area contributed by atoms with Crippen LogP contribution in [0.15, 0.2) is 23.7 Å². The predicted octanol–water partition coefficient (Wildman–Crippen LogP) is 3.08. The minimum atomic E-state index is 0. The molecule has 0 aromatic carbocycles. The first-order valence-electron chi connectivity index (χ1n) is 9.62. The normalized spacial score (nSPS) is 21.4. The van der Waals surface area contributed by atoms with Gasteiger partial charge in [0, 0.05) is 57.7 Å². The zero-order valence-electron chi connectivity index (χ0n) is 17.2. The summed E-state index contributed by atoms with van der Waals surface area (Å²) in [6.45, 7) is 15.4. The van der Waals surface area contributed by atoms with Crippen LogP contribution >= 0.6 is 24.0 Å². The van der Waals surface area contributed by atoms with Crippen LogP contribution in [-0.4, -0.2) is 70.6 Å². The van der Waals surface area contributed by atoms with E-state index in [1.165, 1.54) is 6.42 Å². The second kappa shape index (κ2) is 11.1. The Hall–Kier alpha value is -0.830. The number of hydrogen-bond acceptors (Lipinski definition) is 3. The van der Waals surface area contributed by atoms with E-state index in [1.54, 1.807) is 0 Å². The Balaban J connectivity index is 0.00000338. The molecular weight excluding hydrogens is 439 g/mol. The highest BCUT2D eigenvalue weighted by Gasteiger charge is 2.28. The minimum absolute atomic E-state index is 0. The molecule has 1 aromatic heterocycles. The van der Waals surface area contributed by atoms with Gasteiger partial charge in [0.05, 0.1) is 12.4 Å². The number of aliphatic imine (C=N–C) groups is 1. The zero-order chi connectivity index (χ0) is 18.4. The van der Waals surface area contributed by atoms with E-state index in [4.69, 9.17) is 0 Å². The zero-order valence-corrected chi connectivity index (χ0v) is 19.6. The molecular formula is C19H37IN6. The maximum atomic E-state index is 4.53. The summed E-state index contributed by atoms with van der Waals surface area (Å²) in [5, 5.41) is 3.57. The van der Waals surface area contributed by atoms with Gasteiger partial charge < -0.3 is 14.8 Å². The third kappa shape index (κ3) is 6.11. The number of nitrogens with one attached hydrogen (secondary N) is 1. The molecule has 0 aliphatic carbocycles. The predicted molar refractivity (Wildman–Crippen MR) is 120 cm³/mol. The van der Waals surface area contributed by atoms with Crippen molar-refractivity contribution in [1.82, 2.24) is 24.7 Å². The number of imidazole rings is 1. The third-order valence-corrected chi connectivity index (χ3v) is 5.32. The van der Waals surface area contributed by atoms with Gasteiger partial charge in [-0.15, -0.1) is 24.0 Å². The largest absolute Gasteiger partial charge is 0.355 e. The molecule has 0 bridgehead atoms. The lowest BCUT2D eigenvalue weighted by atomic mass is 9.93. The van der Waals surface area contributed by atoms with Crippen molar-refractivity contribution >= 4 is 29.9 Å². The second-order valence-corrected chi connectivity index (χ2v) is 7.69. The van der Waals surface area contributed by atoms with E-state index in [9.17, 15) is 0 Å². The van der Waals surface area contributed by atoms with Crippen molar-refractivity contribution in [3.8, 4) is 0 Å². The minimum Gasteiger partial charge on any atom is -0.355 e. The van der Waals surface area contributed by atoms with Crippen molar-refractivity contribution in [2.24, 2.45) is 10.9 Å². The van der Waals surface area contributed by atoms with Gasteiger partial charge in [0.15, 0.2) is 5.96 Å². The van der Waals surface area contributed by atoms with Crippen LogP contribution in [0.3, 0.4) is 0 Å². The molecule has 1 saturated heterocycles. The lowest BCUT2D eigenvalue weighted by molar-refractivity contribution is 0.173. The molecule has 7 heteroatoms. The Kier molecular flexibility index (Phi) is 9.92. The molecule has 150 valence electrons. The Morgan fingerprint density at radius 3 is 2.54 bits per heavy atom. The van der Waals surface area contributed by atoms with E-state index in [-0.39, 0.29) is 24.0 Å². The van der Waals surface area contributed by atoms with Gasteiger partial charge in [0.25, 0.3) is 0 Å². The average molecular weight is 476 g/mol. The van der Waals surface area contributed by atoms with Crippen LogP contribution in [0.4, 0.5) is 0 Å². The average Bonchev–Trinajstić information content (AvgIpc) is 3.09. The molecule has 1 aliphatic rings. The topological polar surface area (TPSA) is 48.7 Å². The molecule has 2 heterocycles. The van der Waals surface area contributed by atoms with Gasteiger partial charge in [0.1, 0.15) is 0 Å². The van der Waals surface area contributed by atoms with E-state index >= 15 is 0 Å². The van der Waals surface area contributed by atoms with E-state index < -0.39 is 0 Å². The molecule has 1 N–H and O–H groups in total. The van der Waals surface area contributed by atoms with E-state index in [0.717, 1.165) is 32.1 Å². The second-order valence-electron chi connectivity index (χ2n) is 7.69. The summed E-state index contributed by atoms with van der Waals surface area (Å²) in [6.07, 6.45) is 7.05. The van der Waals surface area contributed by atoms with Crippen molar-refractivity contribution in [3.63, 3.8) is 0 Å². The number of guanidine groups is 1. The Morgan fingerprint density at radius 2 is 2.00 bits per heavy atom. The molecule has 1 fully saturated rings. The summed E-state index contributed by atoms with van der Waals surface area (Å²) < 4.78 is 2.24. The lowest BCUT2D eigenvalue weighted by Gasteiger charge is -2.39. The third-order valence-electron chi connectivity index (χ3n) is 5.32. The highest BCUT2D eigenvalue weighted by Crippen LogP contribution is 2.27. The van der Waals surface area contributed by atoms with Gasteiger partial charge in [-0.05, 0) is 40.0 Å². The van der Waals surface area contributed by atoms with Gasteiger partial charge >= 0.3 is 0 Å². The van der Waals surface area contributed by atoms with Crippen LogP contribution in [0.5, 0.6) is 0 Å². The van der Waals surface area contributed by atoms with Crippen LogP contribution in [0.25, 0.3) is 0 Å². The van der Waals surface area contributed by atoms with E-state index in [2.05, 4.69) is 70.5 Å². The number of halogens is 1. The number of nitrogens with zero attached hydrogens (tertiary/aromatic N) is 5. The number of hydrogen-bond donors (Lipinski definition) is 1. The summed E-state index contributed by atoms with van der Waals surface area (Å²) >= 11 is 0. The fraction of sp³-hybridized carbons (Fsp3) is 0.789. The van der Waals surface area contributed by atoms with Crippen LogP contribution in [-0.2, 0) is 0 Å². The van der Waals surface area contributed by atoms with Crippen LogP contribution in [0.2, 0.25) is 0 Å². The summed E-state index contributed by atoms with van der Waals surface area (Å²) in [4.78, 5) is 13.6. The first-order valence-corrected chi connectivity index (χ1v) is 9.62. The fourth-order valence-corrected chi connectivity index (χ4v) is 3.84. The molecule has 2 rings (SSSR count). The van der Waals surface area contributed by atoms with Gasteiger partial charge in [-0.25, -0.2) is 4.98 Å². The van der Waals surface area contributed by atoms with Gasteiger partial charge in [0.2, 0.25) is 0 Å². The SMILES string of the molecule is CN=C(NCCN(C(C)C)C(C)C)N1CCC(C)C(n2ccnc2)C1.I. The Bertz CT molecular complexity index is 520. The van der Waals surface area contributed by atoms with E-state index in [1.807, 2.05) is 19.6 Å². The standard InChI is InChI=1S/C19H36N6.HI/c1-15(2)25(16(3)4)12-9-22-19(20-6)23-10-7-17(5)18(13-23)24-11-8-21-14-24;/h8,11,14-18H,7,9-10,12-13H2,1-6H3,(H,20,22);1H. The van der Waals surface area contributed by atoms with Crippen molar-refractivity contribution in [2.45, 2.75) is 59.2 Å². The smallest absolute Gasteiger partial charge is 0.193 e. The number of piperidine rings is 1. The summed E-state index contributed by atoms with van der Waals surface area (Å²) in [5.74, 6) is 1.67. The van der Waals surface area contributed by atoms with Gasteiger partial charge in [-0.2, -0.15) is 0 Å². The number of aromatic nitrogens is 2. The molecule has 1 aliphatic heterocycles. The quantitative estimate of drug-likeness (QED) is 0.390. The summed E-state index contributed by atoms with van der Waals surface area (Å²) in [6, 6.07) is 1.58. The van der Waals surface area contributed by atoms with Gasteiger partial charge in [-0.1, -0.05) is 6.92 Å². The molecule has 6 nitrogen and oxygen atoms in total. The highest BCUT2D eigenvalue weighted by atomic mass is 127. The molecule has 26 heavy (non-hydrogen) atoms. The molecule has 2 unspecified atom stereocenters. The highest BCUT2D eigenvalue weighted by molar-refractivity contribution is 14.0. The maximum Gasteiger partial charge on any atom is 0.193 e. The van der Waals surface area contributed by atoms with Crippen LogP contribution in [0.1, 0.15) is 47.1 Å². The summed E-state index contributed by atoms with van der Waals surface area (Å²) in [5.41, 5.74) is 0. The number of rotatable bonds is 6. The first kappa shape index (κ1) is 23.2. The lowest BCUT2D eigenvalue weighted by Crippen LogP contribution is -2.51. The van der Waals surface area contributed by atoms with Crippen molar-refractivity contribution in [2.75, 3.05) is 33.2 Å². The molecule has 2 atom stereocenters. The first-order chi connectivity index (χ1) is 11.9.